The first kappa shape index (κ1) is 39.8. The first-order valence-electron chi connectivity index (χ1n) is 18.8. The van der Waals surface area contributed by atoms with Crippen LogP contribution in [0.25, 0.3) is 0 Å². The highest BCUT2D eigenvalue weighted by molar-refractivity contribution is 7.95. The third-order valence-electron chi connectivity index (χ3n) is 10.1. The minimum Gasteiger partial charge on any atom is -0.872 e. The zero-order valence-corrected chi connectivity index (χ0v) is 33.3. The molecule has 0 saturated heterocycles. The maximum Gasteiger partial charge on any atom is 0.170 e. The molecule has 284 valence electrons. The number of para-hydroxylation sites is 1. The Kier molecular flexibility index (Phi) is 12.9. The summed E-state index contributed by atoms with van der Waals surface area (Å²) in [5, 5.41) is 48.8. The summed E-state index contributed by atoms with van der Waals surface area (Å²) >= 11 is 0. The summed E-state index contributed by atoms with van der Waals surface area (Å²) in [6.07, 6.45) is 1.75. The van der Waals surface area contributed by atoms with E-state index in [1.165, 1.54) is 15.9 Å². The monoisotopic (exact) mass is 760 g/mol. The third-order valence-corrected chi connectivity index (χ3v) is 14.3. The topological polar surface area (TPSA) is 93.0 Å². The average Bonchev–Trinajstić information content (AvgIpc) is 3.21. The molecule has 0 saturated carbocycles. The lowest BCUT2D eigenvalue weighted by molar-refractivity contribution is -0.270. The molecule has 0 amide bonds. The Bertz CT molecular complexity index is 2280. The fraction of sp³-hybridized carbons (Fsp3) is 0.160. The normalized spacial score (nSPS) is 11.1. The number of ether oxygens (including phenoxy) is 1. The smallest absolute Gasteiger partial charge is 0.170 e. The van der Waals surface area contributed by atoms with Gasteiger partial charge in [0.05, 0.1) is 0 Å². The second-order valence-electron chi connectivity index (χ2n) is 14.4. The molecule has 3 N–H and O–H groups in total. The number of methoxy groups -OCH3 is 1. The predicted molar refractivity (Wildman–Crippen MR) is 230 cm³/mol. The van der Waals surface area contributed by atoms with Gasteiger partial charge in [-0.05, 0) is 91.6 Å². The molecule has 0 bridgehead atoms. The van der Waals surface area contributed by atoms with Gasteiger partial charge in [0.2, 0.25) is 0 Å². The van der Waals surface area contributed by atoms with Gasteiger partial charge in [-0.2, -0.15) is 0 Å². The largest absolute Gasteiger partial charge is 0.872 e. The molecular formula is C50H49O5P. The Labute approximate surface area is 331 Å². The van der Waals surface area contributed by atoms with Crippen molar-refractivity contribution in [2.24, 2.45) is 0 Å². The van der Waals surface area contributed by atoms with Crippen molar-refractivity contribution in [2.45, 2.75) is 40.0 Å². The SMILES string of the molecule is COC[P+](c1ccccc1)(c1ccccc1)c1ccccc1.Cc1ccc(O)c(Cc2cccc(Cc3cc(C)cc(Cc4cc(C)ccc4O)c3O)c2[O-])c1. The van der Waals surface area contributed by atoms with Gasteiger partial charge in [-0.25, -0.2) is 0 Å². The lowest BCUT2D eigenvalue weighted by atomic mass is 9.93. The fourth-order valence-electron chi connectivity index (χ4n) is 7.36. The third kappa shape index (κ3) is 9.14. The van der Waals surface area contributed by atoms with E-state index < -0.39 is 7.26 Å². The lowest BCUT2D eigenvalue weighted by Gasteiger charge is -2.26. The number of aromatic hydroxyl groups is 3. The Morgan fingerprint density at radius 3 is 1.23 bits per heavy atom. The summed E-state index contributed by atoms with van der Waals surface area (Å²) in [4.78, 5) is 0. The van der Waals surface area contributed by atoms with E-state index in [1.54, 1.807) is 31.4 Å². The number of hydrogen-bond donors (Lipinski definition) is 3. The van der Waals surface area contributed by atoms with Crippen LogP contribution in [0.15, 0.2) is 158 Å². The van der Waals surface area contributed by atoms with Gasteiger partial charge in [-0.3, -0.25) is 0 Å². The molecule has 0 aliphatic rings. The van der Waals surface area contributed by atoms with Crippen LogP contribution in [0.2, 0.25) is 0 Å². The molecule has 5 nitrogen and oxygen atoms in total. The Balaban J connectivity index is 0.000000208. The zero-order chi connectivity index (χ0) is 39.7. The minimum absolute atomic E-state index is 0.0813. The molecule has 7 aromatic rings. The van der Waals surface area contributed by atoms with Crippen LogP contribution in [-0.4, -0.2) is 28.8 Å². The molecule has 6 heteroatoms. The van der Waals surface area contributed by atoms with Gasteiger partial charge in [0.25, 0.3) is 0 Å². The molecule has 0 aromatic heterocycles. The highest BCUT2D eigenvalue weighted by atomic mass is 31.2. The number of aryl methyl sites for hydroxylation is 3. The number of hydrogen-bond acceptors (Lipinski definition) is 5. The summed E-state index contributed by atoms with van der Waals surface area (Å²) in [6, 6.07) is 52.3. The second kappa shape index (κ2) is 18.2. The van der Waals surface area contributed by atoms with Crippen molar-refractivity contribution in [3.63, 3.8) is 0 Å². The van der Waals surface area contributed by atoms with Gasteiger partial charge in [-0.15, -0.1) is 5.75 Å². The quantitative estimate of drug-likeness (QED) is 0.115. The summed E-state index contributed by atoms with van der Waals surface area (Å²) in [6.45, 7) is 5.87. The van der Waals surface area contributed by atoms with E-state index in [4.69, 9.17) is 4.74 Å². The molecule has 0 atom stereocenters. The molecule has 0 fully saturated rings. The summed E-state index contributed by atoms with van der Waals surface area (Å²) in [5.41, 5.74) is 7.08. The fourth-order valence-corrected chi connectivity index (χ4v) is 11.1. The first-order valence-corrected chi connectivity index (χ1v) is 20.8. The number of phenols is 3. The van der Waals surface area contributed by atoms with Gasteiger partial charge in [0, 0.05) is 26.4 Å². The maximum atomic E-state index is 13.2. The van der Waals surface area contributed by atoms with E-state index in [2.05, 4.69) is 91.0 Å². The molecule has 0 heterocycles. The number of rotatable bonds is 11. The molecule has 0 unspecified atom stereocenters. The Morgan fingerprint density at radius 1 is 0.446 bits per heavy atom. The van der Waals surface area contributed by atoms with E-state index in [0.29, 0.717) is 53.4 Å². The Morgan fingerprint density at radius 2 is 0.821 bits per heavy atom. The van der Waals surface area contributed by atoms with Crippen molar-refractivity contribution in [1.29, 1.82) is 0 Å². The van der Waals surface area contributed by atoms with Crippen molar-refractivity contribution in [1.82, 2.24) is 0 Å². The summed E-state index contributed by atoms with van der Waals surface area (Å²) in [7, 11) is 0.0197. The molecule has 0 spiro atoms. The van der Waals surface area contributed by atoms with E-state index in [9.17, 15) is 20.4 Å². The van der Waals surface area contributed by atoms with Gasteiger partial charge in [0.1, 0.15) is 40.4 Å². The van der Waals surface area contributed by atoms with Crippen LogP contribution in [0.3, 0.4) is 0 Å². The molecule has 0 aliphatic carbocycles. The molecule has 7 aromatic carbocycles. The molecule has 7 rings (SSSR count). The van der Waals surface area contributed by atoms with Gasteiger partial charge in [-0.1, -0.05) is 137 Å². The van der Waals surface area contributed by atoms with Crippen LogP contribution in [0.4, 0.5) is 0 Å². The van der Waals surface area contributed by atoms with Crippen LogP contribution in [0, 0.1) is 20.8 Å². The minimum atomic E-state index is -1.78. The van der Waals surface area contributed by atoms with Crippen molar-refractivity contribution < 1.29 is 25.2 Å². The van der Waals surface area contributed by atoms with Crippen molar-refractivity contribution in [3.05, 3.63) is 208 Å². The number of benzene rings is 7. The van der Waals surface area contributed by atoms with Crippen molar-refractivity contribution in [3.8, 4) is 23.0 Å². The predicted octanol–water partition coefficient (Wildman–Crippen LogP) is 9.16. The molecule has 0 aliphatic heterocycles. The van der Waals surface area contributed by atoms with Gasteiger partial charge >= 0.3 is 0 Å². The van der Waals surface area contributed by atoms with Crippen LogP contribution in [-0.2, 0) is 24.0 Å². The van der Waals surface area contributed by atoms with Gasteiger partial charge < -0.3 is 25.2 Å². The molecular weight excluding hydrogens is 712 g/mol. The van der Waals surface area contributed by atoms with Crippen LogP contribution in [0.1, 0.15) is 50.1 Å². The highest BCUT2D eigenvalue weighted by Gasteiger charge is 2.45. The first-order chi connectivity index (χ1) is 27.1. The van der Waals surface area contributed by atoms with Crippen molar-refractivity contribution in [2.75, 3.05) is 13.5 Å². The molecule has 0 radical (unpaired) electrons. The Hall–Kier alpha value is -5.87. The average molecular weight is 761 g/mol. The molecule has 56 heavy (non-hydrogen) atoms. The summed E-state index contributed by atoms with van der Waals surface area (Å²) in [5.74, 6) is 0.438. The lowest BCUT2D eigenvalue weighted by Crippen LogP contribution is -2.33. The van der Waals surface area contributed by atoms with E-state index in [-0.39, 0.29) is 23.0 Å². The van der Waals surface area contributed by atoms with E-state index in [0.717, 1.165) is 22.3 Å². The van der Waals surface area contributed by atoms with Crippen molar-refractivity contribution >= 4 is 23.2 Å². The van der Waals surface area contributed by atoms with E-state index in [1.807, 2.05) is 63.2 Å². The summed E-state index contributed by atoms with van der Waals surface area (Å²) < 4.78 is 5.72. The standard InChI is InChI=1S/C30H30O4.C20H20OP/c1-18-7-9-27(31)23(11-18)15-21-5-4-6-22(29(21)33)16-25-13-20(3)14-26(30(25)34)17-24-12-19(2)8-10-28(24)32;1-21-17-22(18-11-5-2-6-12-18,19-13-7-3-8-14-19)20-15-9-4-10-16-20/h4-14,31-34H,15-17H2,1-3H3;2-16H,17H2,1H3/q;+1/p-1. The maximum absolute atomic E-state index is 13.2. The zero-order valence-electron chi connectivity index (χ0n) is 32.4. The van der Waals surface area contributed by atoms with E-state index >= 15 is 0 Å². The van der Waals surface area contributed by atoms with Gasteiger partial charge in [0.15, 0.2) is 6.35 Å². The van der Waals surface area contributed by atoms with Crippen LogP contribution in [0.5, 0.6) is 23.0 Å². The second-order valence-corrected chi connectivity index (χ2v) is 17.8. The van der Waals surface area contributed by atoms with Crippen LogP contribution >= 0.6 is 7.26 Å². The van der Waals surface area contributed by atoms with Crippen LogP contribution < -0.4 is 21.0 Å². The number of phenolic OH excluding ortho intramolecular Hbond substituents is 3. The highest BCUT2D eigenvalue weighted by Crippen LogP contribution is 2.55.